The number of aromatic nitrogens is 5. The molecular formula is C19H23N7O3S. The number of rotatable bonds is 6. The summed E-state index contributed by atoms with van der Waals surface area (Å²) < 4.78 is 29.6. The molecule has 1 aliphatic rings. The molecule has 0 aliphatic heterocycles. The maximum Gasteiger partial charge on any atom is 0.240 e. The fourth-order valence-corrected chi connectivity index (χ4v) is 4.72. The number of anilines is 1. The Bertz CT molecular complexity index is 1160. The second-order valence-corrected chi connectivity index (χ2v) is 9.30. The van der Waals surface area contributed by atoms with Crippen molar-refractivity contribution < 1.29 is 13.5 Å². The van der Waals surface area contributed by atoms with Gasteiger partial charge >= 0.3 is 0 Å². The number of nitrogen functional groups attached to an aromatic ring is 1. The van der Waals surface area contributed by atoms with Gasteiger partial charge < -0.3 is 10.8 Å². The van der Waals surface area contributed by atoms with Crippen molar-refractivity contribution in [2.45, 2.75) is 43.1 Å². The summed E-state index contributed by atoms with van der Waals surface area (Å²) >= 11 is 0. The van der Waals surface area contributed by atoms with Crippen molar-refractivity contribution >= 4 is 15.8 Å². The Kier molecular flexibility index (Phi) is 5.26. The lowest BCUT2D eigenvalue weighted by Crippen LogP contribution is -2.40. The number of nitrogens with two attached hydrogens (primary N) is 1. The average Bonchev–Trinajstić information content (AvgIpc) is 3.40. The lowest BCUT2D eigenvalue weighted by molar-refractivity contribution is 0.0532. The van der Waals surface area contributed by atoms with Crippen molar-refractivity contribution in [3.05, 3.63) is 42.6 Å². The molecule has 0 saturated heterocycles. The molecule has 4 rings (SSSR count). The molecule has 158 valence electrons. The van der Waals surface area contributed by atoms with E-state index in [0.29, 0.717) is 29.9 Å². The maximum absolute atomic E-state index is 12.8. The molecule has 3 aromatic rings. The third-order valence-corrected chi connectivity index (χ3v) is 6.74. The second kappa shape index (κ2) is 7.74. The van der Waals surface area contributed by atoms with Gasteiger partial charge in [0, 0.05) is 12.1 Å². The van der Waals surface area contributed by atoms with Crippen LogP contribution in [0.15, 0.2) is 41.9 Å². The highest BCUT2D eigenvalue weighted by atomic mass is 32.2. The van der Waals surface area contributed by atoms with Crippen LogP contribution in [0.4, 0.5) is 5.82 Å². The number of aliphatic hydroxyl groups is 1. The van der Waals surface area contributed by atoms with Crippen molar-refractivity contribution in [1.82, 2.24) is 29.5 Å². The summed E-state index contributed by atoms with van der Waals surface area (Å²) in [5.41, 5.74) is 6.83. The minimum Gasteiger partial charge on any atom is -0.389 e. The van der Waals surface area contributed by atoms with Crippen LogP contribution in [0.25, 0.3) is 17.1 Å². The predicted octanol–water partition coefficient (Wildman–Crippen LogP) is 1.20. The number of benzene rings is 1. The first-order valence-corrected chi connectivity index (χ1v) is 11.1. The van der Waals surface area contributed by atoms with Crippen LogP contribution in [0.3, 0.4) is 0 Å². The van der Waals surface area contributed by atoms with Crippen molar-refractivity contribution in [1.29, 1.82) is 0 Å². The molecule has 10 nitrogen and oxygen atoms in total. The number of nitrogens with zero attached hydrogens (tertiary/aromatic N) is 5. The van der Waals surface area contributed by atoms with E-state index in [1.807, 2.05) is 6.92 Å². The topological polar surface area (TPSA) is 149 Å². The fourth-order valence-electron chi connectivity index (χ4n) is 3.57. The monoisotopic (exact) mass is 429 g/mol. The summed E-state index contributed by atoms with van der Waals surface area (Å²) in [5.74, 6) is 0.483. The van der Waals surface area contributed by atoms with E-state index >= 15 is 0 Å². The summed E-state index contributed by atoms with van der Waals surface area (Å²) in [6, 6.07) is 4.78. The van der Waals surface area contributed by atoms with E-state index in [4.69, 9.17) is 5.73 Å². The van der Waals surface area contributed by atoms with Gasteiger partial charge in [-0.25, -0.2) is 28.1 Å². The van der Waals surface area contributed by atoms with Gasteiger partial charge in [-0.05, 0) is 37.5 Å². The first-order valence-electron chi connectivity index (χ1n) is 9.58. The molecule has 0 bridgehead atoms. The third-order valence-electron chi connectivity index (χ3n) is 5.34. The van der Waals surface area contributed by atoms with E-state index in [-0.39, 0.29) is 17.3 Å². The Morgan fingerprint density at radius 3 is 2.77 bits per heavy atom. The number of aryl methyl sites for hydroxylation is 1. The van der Waals surface area contributed by atoms with Crippen LogP contribution in [0.1, 0.15) is 31.2 Å². The Hall–Kier alpha value is -2.89. The van der Waals surface area contributed by atoms with Crippen LogP contribution in [0.2, 0.25) is 0 Å². The van der Waals surface area contributed by atoms with Crippen molar-refractivity contribution in [2.24, 2.45) is 0 Å². The standard InChI is InChI=1S/C19H23N7O3S/c1-13-4-5-14(30(28,29)24-10-19(27)6-2-3-7-19)8-15(13)16-9-22-17(20)18(25-16)26-12-21-11-23-26/h4-5,8-9,11-12,24,27H,2-3,6-7,10H2,1H3,(H2,20,22). The molecule has 0 amide bonds. The van der Waals surface area contributed by atoms with Gasteiger partial charge in [0.1, 0.15) is 12.7 Å². The molecule has 0 spiro atoms. The van der Waals surface area contributed by atoms with Crippen molar-refractivity contribution in [3.63, 3.8) is 0 Å². The molecule has 0 unspecified atom stereocenters. The van der Waals surface area contributed by atoms with Crippen molar-refractivity contribution in [2.75, 3.05) is 12.3 Å². The molecule has 11 heteroatoms. The van der Waals surface area contributed by atoms with E-state index in [9.17, 15) is 13.5 Å². The lowest BCUT2D eigenvalue weighted by atomic mass is 10.0. The summed E-state index contributed by atoms with van der Waals surface area (Å²) in [6.07, 6.45) is 7.30. The molecule has 2 heterocycles. The summed E-state index contributed by atoms with van der Waals surface area (Å²) in [7, 11) is -3.81. The highest BCUT2D eigenvalue weighted by Crippen LogP contribution is 2.30. The molecule has 0 radical (unpaired) electrons. The quantitative estimate of drug-likeness (QED) is 0.529. The zero-order chi connectivity index (χ0) is 21.4. The normalized spacial score (nSPS) is 16.1. The van der Waals surface area contributed by atoms with E-state index < -0.39 is 15.6 Å². The molecular weight excluding hydrogens is 406 g/mol. The number of nitrogens with one attached hydrogen (secondary N) is 1. The maximum atomic E-state index is 12.8. The van der Waals surface area contributed by atoms with Gasteiger partial charge in [0.05, 0.1) is 22.4 Å². The Labute approximate surface area is 174 Å². The van der Waals surface area contributed by atoms with E-state index in [0.717, 1.165) is 18.4 Å². The van der Waals surface area contributed by atoms with Gasteiger partial charge in [-0.1, -0.05) is 18.9 Å². The van der Waals surface area contributed by atoms with Crippen molar-refractivity contribution in [3.8, 4) is 17.1 Å². The largest absolute Gasteiger partial charge is 0.389 e. The predicted molar refractivity (Wildman–Crippen MR) is 110 cm³/mol. The first-order chi connectivity index (χ1) is 14.3. The van der Waals surface area contributed by atoms with Gasteiger partial charge in [-0.15, -0.1) is 0 Å². The Balaban J connectivity index is 1.66. The minimum atomic E-state index is -3.81. The van der Waals surface area contributed by atoms with Crippen LogP contribution in [-0.4, -0.2) is 50.4 Å². The van der Waals surface area contributed by atoms with E-state index in [1.54, 1.807) is 12.1 Å². The molecule has 1 aromatic carbocycles. The van der Waals surface area contributed by atoms with Crippen LogP contribution < -0.4 is 10.5 Å². The molecule has 1 aliphatic carbocycles. The van der Waals surface area contributed by atoms with Crippen LogP contribution in [0, 0.1) is 6.92 Å². The number of hydrogen-bond donors (Lipinski definition) is 3. The number of sulfonamides is 1. The molecule has 1 fully saturated rings. The highest BCUT2D eigenvalue weighted by Gasteiger charge is 2.32. The van der Waals surface area contributed by atoms with Crippen LogP contribution in [0.5, 0.6) is 0 Å². The molecule has 2 aromatic heterocycles. The summed E-state index contributed by atoms with van der Waals surface area (Å²) in [6.45, 7) is 1.85. The van der Waals surface area contributed by atoms with Gasteiger partial charge in [0.25, 0.3) is 0 Å². The third kappa shape index (κ3) is 4.04. The fraction of sp³-hybridized carbons (Fsp3) is 0.368. The average molecular weight is 430 g/mol. The lowest BCUT2D eigenvalue weighted by Gasteiger charge is -2.22. The van der Waals surface area contributed by atoms with E-state index in [2.05, 4.69) is 24.8 Å². The van der Waals surface area contributed by atoms with E-state index in [1.165, 1.54) is 29.6 Å². The molecule has 4 N–H and O–H groups in total. The molecule has 30 heavy (non-hydrogen) atoms. The van der Waals surface area contributed by atoms with Gasteiger partial charge in [0.15, 0.2) is 11.6 Å². The first kappa shape index (κ1) is 20.4. The van der Waals surface area contributed by atoms with Crippen LogP contribution >= 0.6 is 0 Å². The van der Waals surface area contributed by atoms with Gasteiger partial charge in [-0.3, -0.25) is 0 Å². The van der Waals surface area contributed by atoms with Gasteiger partial charge in [0.2, 0.25) is 10.0 Å². The molecule has 0 atom stereocenters. The SMILES string of the molecule is Cc1ccc(S(=O)(=O)NCC2(O)CCCC2)cc1-c1cnc(N)c(-n2cncn2)n1. The Morgan fingerprint density at radius 1 is 1.30 bits per heavy atom. The van der Waals surface area contributed by atoms with Gasteiger partial charge in [-0.2, -0.15) is 9.78 Å². The number of hydrogen-bond acceptors (Lipinski definition) is 8. The second-order valence-electron chi connectivity index (χ2n) is 7.54. The minimum absolute atomic E-state index is 0.00331. The highest BCUT2D eigenvalue weighted by molar-refractivity contribution is 7.89. The summed E-state index contributed by atoms with van der Waals surface area (Å²) in [4.78, 5) is 12.7. The Morgan fingerprint density at radius 2 is 2.07 bits per heavy atom. The smallest absolute Gasteiger partial charge is 0.240 e. The zero-order valence-electron chi connectivity index (χ0n) is 16.5. The summed E-state index contributed by atoms with van der Waals surface area (Å²) in [5, 5.41) is 14.5. The zero-order valence-corrected chi connectivity index (χ0v) is 17.3. The molecule has 1 saturated carbocycles. The van der Waals surface area contributed by atoms with Crippen LogP contribution in [-0.2, 0) is 10.0 Å².